The van der Waals surface area contributed by atoms with E-state index in [0.717, 1.165) is 0 Å². The number of halogens is 1. The lowest BCUT2D eigenvalue weighted by Gasteiger charge is -2.07. The van der Waals surface area contributed by atoms with E-state index in [4.69, 9.17) is 21.1 Å². The molecule has 80 valence electrons. The molecule has 0 radical (unpaired) electrons. The predicted octanol–water partition coefficient (Wildman–Crippen LogP) is 1.29. The van der Waals surface area contributed by atoms with Crippen molar-refractivity contribution in [3.63, 3.8) is 0 Å². The SMILES string of the molecule is Cc1cc(C#N)cc(CO)c1S(=O)(=O)Cl. The van der Waals surface area contributed by atoms with Crippen LogP contribution in [0, 0.1) is 18.3 Å². The van der Waals surface area contributed by atoms with Crippen molar-refractivity contribution >= 4 is 19.7 Å². The maximum atomic E-state index is 11.2. The third kappa shape index (κ3) is 2.48. The Morgan fingerprint density at radius 2 is 2.13 bits per heavy atom. The first-order chi connectivity index (χ1) is 6.90. The molecule has 0 saturated heterocycles. The summed E-state index contributed by atoms with van der Waals surface area (Å²) in [6.45, 7) is 1.05. The second-order valence-corrected chi connectivity index (χ2v) is 5.49. The van der Waals surface area contributed by atoms with Gasteiger partial charge in [0.1, 0.15) is 0 Å². The van der Waals surface area contributed by atoms with Crippen LogP contribution in [0.25, 0.3) is 0 Å². The number of aliphatic hydroxyl groups excluding tert-OH is 1. The average Bonchev–Trinajstić information content (AvgIpc) is 2.14. The van der Waals surface area contributed by atoms with Gasteiger partial charge in [-0.1, -0.05) is 0 Å². The molecule has 0 bridgehead atoms. The van der Waals surface area contributed by atoms with Gasteiger partial charge in [0.2, 0.25) is 0 Å². The summed E-state index contributed by atoms with van der Waals surface area (Å²) in [6, 6.07) is 4.59. The van der Waals surface area contributed by atoms with Gasteiger partial charge in [-0.25, -0.2) is 8.42 Å². The second kappa shape index (κ2) is 4.19. The number of rotatable bonds is 2. The summed E-state index contributed by atoms with van der Waals surface area (Å²) in [5.74, 6) is 0. The van der Waals surface area contributed by atoms with Crippen LogP contribution in [-0.4, -0.2) is 13.5 Å². The molecular weight excluding hydrogens is 238 g/mol. The van der Waals surface area contributed by atoms with Crippen LogP contribution < -0.4 is 0 Å². The lowest BCUT2D eigenvalue weighted by molar-refractivity contribution is 0.278. The van der Waals surface area contributed by atoms with Crippen LogP contribution in [0.4, 0.5) is 0 Å². The Morgan fingerprint density at radius 1 is 1.53 bits per heavy atom. The molecule has 0 heterocycles. The largest absolute Gasteiger partial charge is 0.392 e. The summed E-state index contributed by atoms with van der Waals surface area (Å²) < 4.78 is 22.4. The number of benzene rings is 1. The van der Waals surface area contributed by atoms with Gasteiger partial charge >= 0.3 is 0 Å². The van der Waals surface area contributed by atoms with E-state index in [0.29, 0.717) is 11.1 Å². The van der Waals surface area contributed by atoms with Gasteiger partial charge < -0.3 is 5.11 Å². The molecule has 1 rings (SSSR count). The van der Waals surface area contributed by atoms with Crippen molar-refractivity contribution in [2.45, 2.75) is 18.4 Å². The summed E-state index contributed by atoms with van der Waals surface area (Å²) in [7, 11) is 1.32. The quantitative estimate of drug-likeness (QED) is 0.797. The Kier molecular flexibility index (Phi) is 3.35. The molecule has 0 unspecified atom stereocenters. The summed E-state index contributed by atoms with van der Waals surface area (Å²) >= 11 is 0. The highest BCUT2D eigenvalue weighted by molar-refractivity contribution is 8.13. The van der Waals surface area contributed by atoms with Crippen molar-refractivity contribution in [3.8, 4) is 6.07 Å². The van der Waals surface area contributed by atoms with Gasteiger partial charge in [0.25, 0.3) is 9.05 Å². The number of aryl methyl sites for hydroxylation is 1. The van der Waals surface area contributed by atoms with Gasteiger partial charge in [-0.3, -0.25) is 0 Å². The molecule has 1 N–H and O–H groups in total. The van der Waals surface area contributed by atoms with Gasteiger partial charge in [-0.05, 0) is 30.2 Å². The van der Waals surface area contributed by atoms with E-state index in [9.17, 15) is 8.42 Å². The third-order valence-corrected chi connectivity index (χ3v) is 3.43. The van der Waals surface area contributed by atoms with Crippen LogP contribution in [-0.2, 0) is 15.7 Å². The third-order valence-electron chi connectivity index (χ3n) is 1.89. The first kappa shape index (κ1) is 12.0. The Morgan fingerprint density at radius 3 is 2.53 bits per heavy atom. The number of hydrogen-bond donors (Lipinski definition) is 1. The van der Waals surface area contributed by atoms with E-state index < -0.39 is 15.7 Å². The van der Waals surface area contributed by atoms with Crippen LogP contribution in [0.5, 0.6) is 0 Å². The smallest absolute Gasteiger partial charge is 0.261 e. The van der Waals surface area contributed by atoms with E-state index in [1.807, 2.05) is 6.07 Å². The van der Waals surface area contributed by atoms with E-state index in [-0.39, 0.29) is 10.5 Å². The first-order valence-electron chi connectivity index (χ1n) is 3.99. The maximum Gasteiger partial charge on any atom is 0.261 e. The van der Waals surface area contributed by atoms with E-state index >= 15 is 0 Å². The van der Waals surface area contributed by atoms with Gasteiger partial charge in [-0.15, -0.1) is 0 Å². The number of aliphatic hydroxyl groups is 1. The van der Waals surface area contributed by atoms with Crippen LogP contribution >= 0.6 is 10.7 Å². The highest BCUT2D eigenvalue weighted by atomic mass is 35.7. The number of nitrogens with zero attached hydrogens (tertiary/aromatic N) is 1. The number of hydrogen-bond acceptors (Lipinski definition) is 4. The van der Waals surface area contributed by atoms with Gasteiger partial charge in [0, 0.05) is 10.7 Å². The average molecular weight is 246 g/mol. The van der Waals surface area contributed by atoms with Gasteiger partial charge in [-0.2, -0.15) is 5.26 Å². The second-order valence-electron chi connectivity index (χ2n) is 2.99. The van der Waals surface area contributed by atoms with Crippen molar-refractivity contribution in [3.05, 3.63) is 28.8 Å². The zero-order valence-electron chi connectivity index (χ0n) is 7.86. The zero-order chi connectivity index (χ0) is 11.6. The lowest BCUT2D eigenvalue weighted by Crippen LogP contribution is -2.02. The van der Waals surface area contributed by atoms with E-state index in [1.165, 1.54) is 19.1 Å². The lowest BCUT2D eigenvalue weighted by atomic mass is 10.1. The fourth-order valence-corrected chi connectivity index (χ4v) is 2.92. The molecule has 4 nitrogen and oxygen atoms in total. The molecule has 0 aliphatic carbocycles. The minimum Gasteiger partial charge on any atom is -0.392 e. The molecule has 0 fully saturated rings. The minimum absolute atomic E-state index is 0.120. The van der Waals surface area contributed by atoms with Crippen molar-refractivity contribution < 1.29 is 13.5 Å². The summed E-state index contributed by atoms with van der Waals surface area (Å²) in [6.07, 6.45) is 0. The molecule has 0 aliphatic rings. The Labute approximate surface area is 92.1 Å². The molecule has 0 atom stereocenters. The van der Waals surface area contributed by atoms with Gasteiger partial charge in [0.15, 0.2) is 0 Å². The molecular formula is C9H8ClNO3S. The Bertz CT molecular complexity index is 531. The topological polar surface area (TPSA) is 78.2 Å². The zero-order valence-corrected chi connectivity index (χ0v) is 9.43. The molecule has 1 aromatic carbocycles. The van der Waals surface area contributed by atoms with Crippen molar-refractivity contribution in [2.24, 2.45) is 0 Å². The summed E-state index contributed by atoms with van der Waals surface area (Å²) in [5, 5.41) is 17.7. The molecule has 0 spiro atoms. The monoisotopic (exact) mass is 245 g/mol. The molecule has 15 heavy (non-hydrogen) atoms. The van der Waals surface area contributed by atoms with Gasteiger partial charge in [0.05, 0.1) is 23.1 Å². The highest BCUT2D eigenvalue weighted by Crippen LogP contribution is 2.25. The minimum atomic E-state index is -3.90. The molecule has 0 saturated carbocycles. The molecule has 0 amide bonds. The highest BCUT2D eigenvalue weighted by Gasteiger charge is 2.19. The van der Waals surface area contributed by atoms with E-state index in [2.05, 4.69) is 0 Å². The Hall–Kier alpha value is -1.09. The molecule has 0 aliphatic heterocycles. The van der Waals surface area contributed by atoms with E-state index in [1.54, 1.807) is 0 Å². The molecule has 1 aromatic rings. The molecule has 6 heteroatoms. The normalized spacial score (nSPS) is 11.1. The van der Waals surface area contributed by atoms with Crippen LogP contribution in [0.3, 0.4) is 0 Å². The maximum absolute atomic E-state index is 11.2. The number of nitriles is 1. The van der Waals surface area contributed by atoms with Crippen molar-refractivity contribution in [1.29, 1.82) is 5.26 Å². The van der Waals surface area contributed by atoms with Crippen molar-refractivity contribution in [2.75, 3.05) is 0 Å². The summed E-state index contributed by atoms with van der Waals surface area (Å²) in [4.78, 5) is -0.120. The van der Waals surface area contributed by atoms with Crippen molar-refractivity contribution in [1.82, 2.24) is 0 Å². The predicted molar refractivity (Wildman–Crippen MR) is 54.9 cm³/mol. The van der Waals surface area contributed by atoms with Crippen LogP contribution in [0.15, 0.2) is 17.0 Å². The first-order valence-corrected chi connectivity index (χ1v) is 6.30. The van der Waals surface area contributed by atoms with Crippen LogP contribution in [0.1, 0.15) is 16.7 Å². The standard InChI is InChI=1S/C9H8ClNO3S/c1-6-2-7(4-11)3-8(5-12)9(6)15(10,13)14/h2-3,12H,5H2,1H3. The molecule has 0 aromatic heterocycles. The fourth-order valence-electron chi connectivity index (χ4n) is 1.38. The van der Waals surface area contributed by atoms with Crippen LogP contribution in [0.2, 0.25) is 0 Å². The Balaban J connectivity index is 3.61. The summed E-state index contributed by atoms with van der Waals surface area (Å²) in [5.41, 5.74) is 0.787. The fraction of sp³-hybridized carbons (Fsp3) is 0.222.